The lowest BCUT2D eigenvalue weighted by Gasteiger charge is -2.29. The Morgan fingerprint density at radius 2 is 2.00 bits per heavy atom. The van der Waals surface area contributed by atoms with E-state index in [2.05, 4.69) is 40.7 Å². The summed E-state index contributed by atoms with van der Waals surface area (Å²) in [5.74, 6) is 1.20. The molecular formula is C18H30O. The highest BCUT2D eigenvalue weighted by Crippen LogP contribution is 2.40. The third-order valence-electron chi connectivity index (χ3n) is 4.20. The molecule has 19 heavy (non-hydrogen) atoms. The number of allylic oxidation sites excluding steroid dienone is 4. The fourth-order valence-electron chi connectivity index (χ4n) is 3.23. The molecule has 0 saturated heterocycles. The van der Waals surface area contributed by atoms with Gasteiger partial charge in [0.05, 0.1) is 0 Å². The van der Waals surface area contributed by atoms with Gasteiger partial charge in [-0.1, -0.05) is 51.8 Å². The van der Waals surface area contributed by atoms with Gasteiger partial charge >= 0.3 is 0 Å². The first-order valence-electron chi connectivity index (χ1n) is 7.64. The van der Waals surface area contributed by atoms with E-state index < -0.39 is 0 Å². The summed E-state index contributed by atoms with van der Waals surface area (Å²) in [5, 5.41) is 0. The zero-order chi connectivity index (χ0) is 14.6. The molecule has 0 spiro atoms. The fraction of sp³-hybridized carbons (Fsp3) is 0.722. The SMILES string of the molecule is CC=CCC1=C(C)CC(C(CC)CC(C)(C)C)C1=O. The third-order valence-corrected chi connectivity index (χ3v) is 4.20. The molecule has 0 heterocycles. The molecule has 0 fully saturated rings. The van der Waals surface area contributed by atoms with Crippen LogP contribution in [0.25, 0.3) is 0 Å². The first kappa shape index (κ1) is 16.2. The number of ketones is 1. The molecule has 0 radical (unpaired) electrons. The molecule has 0 aliphatic heterocycles. The smallest absolute Gasteiger partial charge is 0.162 e. The van der Waals surface area contributed by atoms with Crippen molar-refractivity contribution in [3.05, 3.63) is 23.3 Å². The summed E-state index contributed by atoms with van der Waals surface area (Å²) in [7, 11) is 0. The Morgan fingerprint density at radius 3 is 2.47 bits per heavy atom. The molecule has 0 N–H and O–H groups in total. The molecule has 0 saturated carbocycles. The van der Waals surface area contributed by atoms with Crippen LogP contribution in [0.3, 0.4) is 0 Å². The van der Waals surface area contributed by atoms with Crippen molar-refractivity contribution >= 4 is 5.78 Å². The summed E-state index contributed by atoms with van der Waals surface area (Å²) < 4.78 is 0. The topological polar surface area (TPSA) is 17.1 Å². The van der Waals surface area contributed by atoms with Crippen molar-refractivity contribution < 1.29 is 4.79 Å². The Morgan fingerprint density at radius 1 is 1.37 bits per heavy atom. The van der Waals surface area contributed by atoms with Crippen LogP contribution in [0.5, 0.6) is 0 Å². The molecule has 0 aromatic heterocycles. The Balaban J connectivity index is 2.80. The average molecular weight is 262 g/mol. The normalized spacial score (nSPS) is 22.6. The molecule has 108 valence electrons. The van der Waals surface area contributed by atoms with Gasteiger partial charge in [0.1, 0.15) is 0 Å². The minimum absolute atomic E-state index is 0.240. The number of carbonyl (C=O) groups excluding carboxylic acids is 1. The van der Waals surface area contributed by atoms with Gasteiger partial charge in [0, 0.05) is 5.92 Å². The molecule has 1 aliphatic rings. The maximum absolute atomic E-state index is 12.6. The lowest BCUT2D eigenvalue weighted by atomic mass is 9.75. The van der Waals surface area contributed by atoms with Gasteiger partial charge in [0.25, 0.3) is 0 Å². The molecule has 1 nitrogen and oxygen atoms in total. The van der Waals surface area contributed by atoms with E-state index in [-0.39, 0.29) is 5.92 Å². The van der Waals surface area contributed by atoms with Crippen molar-refractivity contribution in [1.29, 1.82) is 0 Å². The molecule has 0 amide bonds. The highest BCUT2D eigenvalue weighted by atomic mass is 16.1. The largest absolute Gasteiger partial charge is 0.294 e. The fourth-order valence-corrected chi connectivity index (χ4v) is 3.23. The number of carbonyl (C=O) groups is 1. The second kappa shape index (κ2) is 6.54. The van der Waals surface area contributed by atoms with Crippen LogP contribution in [0.1, 0.15) is 67.2 Å². The quantitative estimate of drug-likeness (QED) is 0.613. The van der Waals surface area contributed by atoms with Gasteiger partial charge in [-0.3, -0.25) is 4.79 Å². The van der Waals surface area contributed by atoms with Crippen molar-refractivity contribution in [3.8, 4) is 0 Å². The van der Waals surface area contributed by atoms with Crippen LogP contribution < -0.4 is 0 Å². The third kappa shape index (κ3) is 4.33. The van der Waals surface area contributed by atoms with Gasteiger partial charge in [0.2, 0.25) is 0 Å². The van der Waals surface area contributed by atoms with Crippen LogP contribution in [-0.2, 0) is 4.79 Å². The lowest BCUT2D eigenvalue weighted by Crippen LogP contribution is -2.25. The molecule has 1 aliphatic carbocycles. The van der Waals surface area contributed by atoms with Gasteiger partial charge in [-0.2, -0.15) is 0 Å². The molecule has 0 aromatic carbocycles. The second-order valence-electron chi connectivity index (χ2n) is 7.14. The predicted molar refractivity (Wildman–Crippen MR) is 83.1 cm³/mol. The molecule has 1 heteroatoms. The first-order chi connectivity index (χ1) is 8.80. The average Bonchev–Trinajstić information content (AvgIpc) is 2.58. The van der Waals surface area contributed by atoms with Crippen molar-refractivity contribution in [2.45, 2.75) is 67.2 Å². The van der Waals surface area contributed by atoms with Crippen LogP contribution in [0.4, 0.5) is 0 Å². The standard InChI is InChI=1S/C18H30O/c1-7-9-10-15-13(3)11-16(17(15)19)14(8-2)12-18(4,5)6/h7,9,14,16H,8,10-12H2,1-6H3. The van der Waals surface area contributed by atoms with E-state index in [4.69, 9.17) is 0 Å². The van der Waals surface area contributed by atoms with E-state index in [1.807, 2.05) is 13.0 Å². The van der Waals surface area contributed by atoms with E-state index in [9.17, 15) is 4.79 Å². The summed E-state index contributed by atoms with van der Waals surface area (Å²) in [6.07, 6.45) is 8.20. The summed E-state index contributed by atoms with van der Waals surface area (Å²) in [4.78, 5) is 12.6. The Bertz CT molecular complexity index is 379. The van der Waals surface area contributed by atoms with E-state index in [1.165, 1.54) is 5.57 Å². The second-order valence-corrected chi connectivity index (χ2v) is 7.14. The van der Waals surface area contributed by atoms with Crippen LogP contribution >= 0.6 is 0 Å². The number of Topliss-reactive ketones (excluding diaryl/α,β-unsaturated/α-hetero) is 1. The van der Waals surface area contributed by atoms with Crippen molar-refractivity contribution in [2.24, 2.45) is 17.3 Å². The van der Waals surface area contributed by atoms with Gasteiger partial charge < -0.3 is 0 Å². The van der Waals surface area contributed by atoms with E-state index in [0.29, 0.717) is 17.1 Å². The van der Waals surface area contributed by atoms with Gasteiger partial charge in [-0.15, -0.1) is 0 Å². The Labute approximate surface area is 119 Å². The van der Waals surface area contributed by atoms with Gasteiger partial charge in [0.15, 0.2) is 5.78 Å². The molecule has 2 atom stereocenters. The summed E-state index contributed by atoms with van der Waals surface area (Å²) in [6, 6.07) is 0. The van der Waals surface area contributed by atoms with Crippen LogP contribution in [0.2, 0.25) is 0 Å². The van der Waals surface area contributed by atoms with E-state index in [0.717, 1.165) is 31.3 Å². The Hall–Kier alpha value is -0.850. The van der Waals surface area contributed by atoms with Gasteiger partial charge in [-0.25, -0.2) is 0 Å². The maximum atomic E-state index is 12.6. The lowest BCUT2D eigenvalue weighted by molar-refractivity contribution is -0.120. The Kier molecular flexibility index (Phi) is 5.58. The molecule has 0 bridgehead atoms. The number of hydrogen-bond donors (Lipinski definition) is 0. The van der Waals surface area contributed by atoms with Gasteiger partial charge in [-0.05, 0) is 50.0 Å². The van der Waals surface area contributed by atoms with Crippen LogP contribution in [0.15, 0.2) is 23.3 Å². The minimum Gasteiger partial charge on any atom is -0.294 e. The summed E-state index contributed by atoms with van der Waals surface area (Å²) in [6.45, 7) is 13.2. The van der Waals surface area contributed by atoms with E-state index in [1.54, 1.807) is 0 Å². The minimum atomic E-state index is 0.240. The summed E-state index contributed by atoms with van der Waals surface area (Å²) >= 11 is 0. The summed E-state index contributed by atoms with van der Waals surface area (Å²) in [5.41, 5.74) is 2.71. The van der Waals surface area contributed by atoms with Crippen molar-refractivity contribution in [3.63, 3.8) is 0 Å². The highest BCUT2D eigenvalue weighted by Gasteiger charge is 2.36. The first-order valence-corrected chi connectivity index (χ1v) is 7.64. The zero-order valence-corrected chi connectivity index (χ0v) is 13.5. The molecule has 0 aromatic rings. The molecular weight excluding hydrogens is 232 g/mol. The predicted octanol–water partition coefficient (Wildman–Crippen LogP) is 5.32. The van der Waals surface area contributed by atoms with E-state index >= 15 is 0 Å². The monoisotopic (exact) mass is 262 g/mol. The molecule has 2 unspecified atom stereocenters. The number of hydrogen-bond acceptors (Lipinski definition) is 1. The maximum Gasteiger partial charge on any atom is 0.162 e. The van der Waals surface area contributed by atoms with Crippen LogP contribution in [0, 0.1) is 17.3 Å². The number of rotatable bonds is 5. The van der Waals surface area contributed by atoms with Crippen LogP contribution in [-0.4, -0.2) is 5.78 Å². The highest BCUT2D eigenvalue weighted by molar-refractivity contribution is 6.00. The van der Waals surface area contributed by atoms with Crippen molar-refractivity contribution in [1.82, 2.24) is 0 Å². The van der Waals surface area contributed by atoms with Crippen molar-refractivity contribution in [2.75, 3.05) is 0 Å². The zero-order valence-electron chi connectivity index (χ0n) is 13.5. The molecule has 1 rings (SSSR count).